The van der Waals surface area contributed by atoms with E-state index in [0.717, 1.165) is 27.3 Å². The number of hydrogen-bond donors (Lipinski definition) is 4. The molecule has 0 atom stereocenters. The van der Waals surface area contributed by atoms with Crippen LogP contribution >= 0.6 is 11.9 Å². The first-order valence-corrected chi connectivity index (χ1v) is 11.0. The van der Waals surface area contributed by atoms with Gasteiger partial charge in [0, 0.05) is 18.4 Å². The highest BCUT2D eigenvalue weighted by atomic mass is 32.2. The largest absolute Gasteiger partial charge is 0.496 e. The first kappa shape index (κ1) is 23.1. The number of carbonyl (C=O) groups excluding carboxylic acids is 1. The smallest absolute Gasteiger partial charge is 0.273 e. The molecule has 166 valence electrons. The van der Waals surface area contributed by atoms with Crippen LogP contribution in [0.15, 0.2) is 83.5 Å². The Morgan fingerprint density at radius 2 is 1.75 bits per heavy atom. The number of rotatable bonds is 9. The quantitative estimate of drug-likeness (QED) is 0.273. The number of benzene rings is 3. The molecule has 3 aromatic rings. The fourth-order valence-electron chi connectivity index (χ4n) is 3.06. The minimum Gasteiger partial charge on any atom is -0.496 e. The summed E-state index contributed by atoms with van der Waals surface area (Å²) in [5.41, 5.74) is 11.1. The number of ether oxygens (including phenoxy) is 1. The van der Waals surface area contributed by atoms with Gasteiger partial charge in [-0.15, -0.1) is 0 Å². The second kappa shape index (κ2) is 11.2. The van der Waals surface area contributed by atoms with Crippen LogP contribution in [0.2, 0.25) is 0 Å². The first-order chi connectivity index (χ1) is 15.5. The molecule has 0 heterocycles. The van der Waals surface area contributed by atoms with Crippen molar-refractivity contribution < 1.29 is 9.53 Å². The Labute approximate surface area is 193 Å². The van der Waals surface area contributed by atoms with E-state index in [2.05, 4.69) is 41.3 Å². The number of hydrogen-bond acceptors (Lipinski definition) is 6. The summed E-state index contributed by atoms with van der Waals surface area (Å²) in [6.45, 7) is 4.71. The van der Waals surface area contributed by atoms with Crippen molar-refractivity contribution >= 4 is 29.2 Å². The zero-order valence-corrected chi connectivity index (χ0v) is 19.3. The van der Waals surface area contributed by atoms with Crippen LogP contribution in [0.5, 0.6) is 5.75 Å². The van der Waals surface area contributed by atoms with Gasteiger partial charge < -0.3 is 25.8 Å². The number of para-hydroxylation sites is 1. The summed E-state index contributed by atoms with van der Waals surface area (Å²) in [7, 11) is 1.62. The highest BCUT2D eigenvalue weighted by molar-refractivity contribution is 8.00. The molecule has 0 aliphatic heterocycles. The highest BCUT2D eigenvalue weighted by Crippen LogP contribution is 2.34. The fourth-order valence-corrected chi connectivity index (χ4v) is 4.03. The SMILES string of the molecule is COc1ccc(NC(=O)/C(N)=C/NCc2ccccc2)cc1SNc1c(C)cccc1C. The lowest BCUT2D eigenvalue weighted by Crippen LogP contribution is -2.22. The predicted molar refractivity (Wildman–Crippen MR) is 133 cm³/mol. The van der Waals surface area contributed by atoms with Gasteiger partial charge in [-0.25, -0.2) is 0 Å². The van der Waals surface area contributed by atoms with E-state index < -0.39 is 0 Å². The molecule has 0 unspecified atom stereocenters. The van der Waals surface area contributed by atoms with E-state index in [1.165, 1.54) is 18.1 Å². The number of amides is 1. The normalized spacial score (nSPS) is 11.0. The van der Waals surface area contributed by atoms with E-state index in [4.69, 9.17) is 10.5 Å². The summed E-state index contributed by atoms with van der Waals surface area (Å²) in [6, 6.07) is 21.5. The van der Waals surface area contributed by atoms with Gasteiger partial charge in [-0.05, 0) is 60.7 Å². The molecule has 7 heteroatoms. The summed E-state index contributed by atoms with van der Waals surface area (Å²) in [5.74, 6) is 0.328. The molecule has 0 saturated heterocycles. The van der Waals surface area contributed by atoms with Gasteiger partial charge in [-0.3, -0.25) is 4.79 Å². The standard InChI is InChI=1S/C25H28N4O2S/c1-17-8-7-9-18(2)24(17)29-32-23-14-20(12-13-22(23)31-3)28-25(30)21(26)16-27-15-19-10-5-4-6-11-19/h4-14,16,27,29H,15,26H2,1-3H3,(H,28,30)/b21-16-. The third-order valence-corrected chi connectivity index (χ3v) is 5.68. The Morgan fingerprint density at radius 3 is 2.44 bits per heavy atom. The molecule has 32 heavy (non-hydrogen) atoms. The van der Waals surface area contributed by atoms with Gasteiger partial charge in [-0.2, -0.15) is 0 Å². The third kappa shape index (κ3) is 6.21. The molecule has 3 rings (SSSR count). The van der Waals surface area contributed by atoms with Crippen molar-refractivity contribution in [1.82, 2.24) is 5.32 Å². The van der Waals surface area contributed by atoms with Crippen molar-refractivity contribution in [1.29, 1.82) is 0 Å². The Kier molecular flexibility index (Phi) is 8.05. The van der Waals surface area contributed by atoms with Gasteiger partial charge in [0.25, 0.3) is 5.91 Å². The molecule has 0 saturated carbocycles. The van der Waals surface area contributed by atoms with Crippen LogP contribution in [0, 0.1) is 13.8 Å². The van der Waals surface area contributed by atoms with E-state index in [9.17, 15) is 4.79 Å². The predicted octanol–water partition coefficient (Wildman–Crippen LogP) is 4.96. The van der Waals surface area contributed by atoms with Crippen LogP contribution in [0.1, 0.15) is 16.7 Å². The summed E-state index contributed by atoms with van der Waals surface area (Å²) in [6.07, 6.45) is 1.52. The molecule has 0 aromatic heterocycles. The number of nitrogens with two attached hydrogens (primary N) is 1. The van der Waals surface area contributed by atoms with E-state index in [1.807, 2.05) is 48.5 Å². The minimum atomic E-state index is -0.380. The lowest BCUT2D eigenvalue weighted by atomic mass is 10.1. The van der Waals surface area contributed by atoms with Crippen molar-refractivity contribution in [3.8, 4) is 5.75 Å². The average Bonchev–Trinajstić information content (AvgIpc) is 2.79. The number of methoxy groups -OCH3 is 1. The molecule has 0 aliphatic rings. The van der Waals surface area contributed by atoms with Crippen LogP contribution < -0.4 is 25.8 Å². The Morgan fingerprint density at radius 1 is 1.03 bits per heavy atom. The number of anilines is 2. The van der Waals surface area contributed by atoms with Crippen LogP contribution in [-0.2, 0) is 11.3 Å². The lowest BCUT2D eigenvalue weighted by molar-refractivity contribution is -0.112. The Hall–Kier alpha value is -3.58. The summed E-state index contributed by atoms with van der Waals surface area (Å²) in [4.78, 5) is 13.3. The van der Waals surface area contributed by atoms with E-state index in [-0.39, 0.29) is 11.6 Å². The van der Waals surface area contributed by atoms with Crippen LogP contribution in [-0.4, -0.2) is 13.0 Å². The zero-order valence-electron chi connectivity index (χ0n) is 18.4. The highest BCUT2D eigenvalue weighted by Gasteiger charge is 2.11. The van der Waals surface area contributed by atoms with Gasteiger partial charge in [-0.1, -0.05) is 48.5 Å². The molecule has 5 N–H and O–H groups in total. The van der Waals surface area contributed by atoms with Crippen LogP contribution in [0.4, 0.5) is 11.4 Å². The molecular formula is C25H28N4O2S. The molecular weight excluding hydrogens is 420 g/mol. The summed E-state index contributed by atoms with van der Waals surface area (Å²) < 4.78 is 8.87. The van der Waals surface area contributed by atoms with E-state index >= 15 is 0 Å². The fraction of sp³-hybridized carbons (Fsp3) is 0.160. The molecule has 0 radical (unpaired) electrons. The van der Waals surface area contributed by atoms with E-state index in [1.54, 1.807) is 13.2 Å². The topological polar surface area (TPSA) is 88.4 Å². The molecule has 0 fully saturated rings. The monoisotopic (exact) mass is 448 g/mol. The maximum atomic E-state index is 12.5. The lowest BCUT2D eigenvalue weighted by Gasteiger charge is -2.15. The second-order valence-electron chi connectivity index (χ2n) is 7.26. The molecule has 0 aliphatic carbocycles. The van der Waals surface area contributed by atoms with Crippen molar-refractivity contribution in [3.05, 3.63) is 95.3 Å². The third-order valence-electron chi connectivity index (χ3n) is 4.83. The maximum Gasteiger partial charge on any atom is 0.273 e. The zero-order chi connectivity index (χ0) is 22.9. The first-order valence-electron chi connectivity index (χ1n) is 10.2. The number of nitrogens with one attached hydrogen (secondary N) is 3. The van der Waals surface area contributed by atoms with Crippen molar-refractivity contribution in [2.75, 3.05) is 17.1 Å². The van der Waals surface area contributed by atoms with Crippen LogP contribution in [0.25, 0.3) is 0 Å². The van der Waals surface area contributed by atoms with E-state index in [0.29, 0.717) is 18.0 Å². The van der Waals surface area contributed by atoms with Gasteiger partial charge in [0.15, 0.2) is 0 Å². The molecule has 1 amide bonds. The molecule has 0 spiro atoms. The maximum absolute atomic E-state index is 12.5. The number of carbonyl (C=O) groups is 1. The van der Waals surface area contributed by atoms with Crippen molar-refractivity contribution in [3.63, 3.8) is 0 Å². The van der Waals surface area contributed by atoms with Gasteiger partial charge in [0.05, 0.1) is 17.7 Å². The van der Waals surface area contributed by atoms with Crippen molar-refractivity contribution in [2.45, 2.75) is 25.3 Å². The van der Waals surface area contributed by atoms with Gasteiger partial charge in [0.2, 0.25) is 0 Å². The molecule has 3 aromatic carbocycles. The Bertz CT molecular complexity index is 1080. The average molecular weight is 449 g/mol. The van der Waals surface area contributed by atoms with Crippen molar-refractivity contribution in [2.24, 2.45) is 5.73 Å². The molecule has 6 nitrogen and oxygen atoms in total. The Balaban J connectivity index is 1.65. The summed E-state index contributed by atoms with van der Waals surface area (Å²) >= 11 is 1.43. The summed E-state index contributed by atoms with van der Waals surface area (Å²) in [5, 5.41) is 5.90. The van der Waals surface area contributed by atoms with Gasteiger partial charge >= 0.3 is 0 Å². The van der Waals surface area contributed by atoms with Crippen LogP contribution in [0.3, 0.4) is 0 Å². The minimum absolute atomic E-state index is 0.0969. The molecule has 0 bridgehead atoms. The second-order valence-corrected chi connectivity index (χ2v) is 8.10. The van der Waals surface area contributed by atoms with Gasteiger partial charge in [0.1, 0.15) is 11.4 Å². The number of aryl methyl sites for hydroxylation is 2.